The Morgan fingerprint density at radius 1 is 1.00 bits per heavy atom. The first-order valence-corrected chi connectivity index (χ1v) is 8.75. The average Bonchev–Trinajstić information content (AvgIpc) is 2.62. The molecule has 0 saturated heterocycles. The molecule has 0 atom stereocenters. The van der Waals surface area contributed by atoms with Gasteiger partial charge in [0.1, 0.15) is 5.75 Å². The van der Waals surface area contributed by atoms with Gasteiger partial charge in [-0.2, -0.15) is 0 Å². The Balaban J connectivity index is 1.60. The highest BCUT2D eigenvalue weighted by atomic mass is 16.3. The van der Waals surface area contributed by atoms with E-state index in [1.54, 1.807) is 24.3 Å². The van der Waals surface area contributed by atoms with Gasteiger partial charge in [-0.1, -0.05) is 18.2 Å². The first-order valence-electron chi connectivity index (χ1n) is 8.75. The maximum Gasteiger partial charge on any atom is 0.251 e. The second-order valence-electron chi connectivity index (χ2n) is 6.35. The minimum Gasteiger partial charge on any atom is -0.508 e. The van der Waals surface area contributed by atoms with Crippen LogP contribution in [0.3, 0.4) is 0 Å². The number of hydrogen-bond donors (Lipinski definition) is 3. The molecule has 0 spiro atoms. The van der Waals surface area contributed by atoms with E-state index in [-0.39, 0.29) is 11.7 Å². The summed E-state index contributed by atoms with van der Waals surface area (Å²) in [6.07, 6.45) is 0.695. The molecule has 27 heavy (non-hydrogen) atoms. The molecule has 0 aliphatic heterocycles. The van der Waals surface area contributed by atoms with Gasteiger partial charge in [0.15, 0.2) is 0 Å². The van der Waals surface area contributed by atoms with Gasteiger partial charge < -0.3 is 15.7 Å². The van der Waals surface area contributed by atoms with Crippen LogP contribution in [0, 0.1) is 13.8 Å². The van der Waals surface area contributed by atoms with Crippen molar-refractivity contribution >= 4 is 17.5 Å². The molecule has 0 radical (unpaired) electrons. The molecule has 3 rings (SSSR count). The molecule has 1 amide bonds. The summed E-state index contributed by atoms with van der Waals surface area (Å²) in [6, 6.07) is 16.1. The molecular formula is C21H22N4O2. The lowest BCUT2D eigenvalue weighted by atomic mass is 10.1. The number of phenolic OH excluding ortho intramolecular Hbond substituents is 1. The molecule has 0 saturated carbocycles. The predicted octanol–water partition coefficient (Wildman–Crippen LogP) is 3.52. The van der Waals surface area contributed by atoms with E-state index in [4.69, 9.17) is 0 Å². The van der Waals surface area contributed by atoms with Crippen molar-refractivity contribution in [3.8, 4) is 5.75 Å². The van der Waals surface area contributed by atoms with Crippen LogP contribution in [-0.2, 0) is 6.42 Å². The van der Waals surface area contributed by atoms with E-state index >= 15 is 0 Å². The average molecular weight is 362 g/mol. The zero-order valence-electron chi connectivity index (χ0n) is 15.4. The van der Waals surface area contributed by atoms with Crippen molar-refractivity contribution in [1.29, 1.82) is 0 Å². The lowest BCUT2D eigenvalue weighted by molar-refractivity contribution is 0.0954. The highest BCUT2D eigenvalue weighted by Crippen LogP contribution is 2.16. The van der Waals surface area contributed by atoms with Crippen LogP contribution < -0.4 is 10.6 Å². The minimum atomic E-state index is -0.140. The quantitative estimate of drug-likeness (QED) is 0.625. The standard InChI is InChI=1S/C21H22N4O2/c1-14-12-15(2)24-21(23-14)25-18-5-3-4-17(13-18)20(27)22-11-10-16-6-8-19(26)9-7-16/h3-9,12-13,26H,10-11H2,1-2H3,(H,22,27)(H,23,24,25). The number of rotatable bonds is 6. The Morgan fingerprint density at radius 3 is 2.41 bits per heavy atom. The van der Waals surface area contributed by atoms with Gasteiger partial charge in [0.2, 0.25) is 5.95 Å². The van der Waals surface area contributed by atoms with Crippen LogP contribution in [0.2, 0.25) is 0 Å². The molecule has 6 nitrogen and oxygen atoms in total. The monoisotopic (exact) mass is 362 g/mol. The molecule has 6 heteroatoms. The summed E-state index contributed by atoms with van der Waals surface area (Å²) < 4.78 is 0. The molecule has 0 unspecified atom stereocenters. The second-order valence-corrected chi connectivity index (χ2v) is 6.35. The zero-order chi connectivity index (χ0) is 19.2. The highest BCUT2D eigenvalue weighted by Gasteiger charge is 2.07. The predicted molar refractivity (Wildman–Crippen MR) is 105 cm³/mol. The number of anilines is 2. The number of carbonyl (C=O) groups excluding carboxylic acids is 1. The third kappa shape index (κ3) is 5.28. The first-order chi connectivity index (χ1) is 13.0. The fourth-order valence-corrected chi connectivity index (χ4v) is 2.73. The van der Waals surface area contributed by atoms with Gasteiger partial charge in [-0.3, -0.25) is 4.79 Å². The van der Waals surface area contributed by atoms with E-state index in [1.807, 2.05) is 44.2 Å². The molecule has 1 heterocycles. The summed E-state index contributed by atoms with van der Waals surface area (Å²) in [4.78, 5) is 21.1. The van der Waals surface area contributed by atoms with Gasteiger partial charge in [-0.25, -0.2) is 9.97 Å². The number of aromatic nitrogens is 2. The number of aromatic hydroxyl groups is 1. The molecule has 138 valence electrons. The number of carbonyl (C=O) groups is 1. The largest absolute Gasteiger partial charge is 0.508 e. The zero-order valence-corrected chi connectivity index (χ0v) is 15.4. The van der Waals surface area contributed by atoms with Gasteiger partial charge in [-0.15, -0.1) is 0 Å². The van der Waals surface area contributed by atoms with E-state index in [1.165, 1.54) is 0 Å². The van der Waals surface area contributed by atoms with Crippen molar-refractivity contribution in [2.45, 2.75) is 20.3 Å². The summed E-state index contributed by atoms with van der Waals surface area (Å²) in [5.74, 6) is 0.607. The Bertz CT molecular complexity index is 919. The van der Waals surface area contributed by atoms with Gasteiger partial charge in [0.05, 0.1) is 0 Å². The van der Waals surface area contributed by atoms with E-state index in [0.29, 0.717) is 24.5 Å². The topological polar surface area (TPSA) is 87.1 Å². The lowest BCUT2D eigenvalue weighted by Crippen LogP contribution is -2.25. The molecule has 0 aliphatic carbocycles. The normalized spacial score (nSPS) is 10.4. The maximum atomic E-state index is 12.4. The molecule has 1 aromatic heterocycles. The summed E-state index contributed by atoms with van der Waals surface area (Å²) in [5.41, 5.74) is 4.14. The summed E-state index contributed by atoms with van der Waals surface area (Å²) >= 11 is 0. The van der Waals surface area contributed by atoms with Crippen LogP contribution in [0.5, 0.6) is 5.75 Å². The molecule has 3 N–H and O–H groups in total. The van der Waals surface area contributed by atoms with E-state index in [2.05, 4.69) is 20.6 Å². The highest BCUT2D eigenvalue weighted by molar-refractivity contribution is 5.95. The Labute approximate surface area is 158 Å². The third-order valence-electron chi connectivity index (χ3n) is 4.00. The Hall–Kier alpha value is -3.41. The van der Waals surface area contributed by atoms with E-state index in [9.17, 15) is 9.90 Å². The van der Waals surface area contributed by atoms with Crippen LogP contribution in [0.15, 0.2) is 54.6 Å². The number of hydrogen-bond acceptors (Lipinski definition) is 5. The van der Waals surface area contributed by atoms with Crippen LogP contribution in [0.25, 0.3) is 0 Å². The van der Waals surface area contributed by atoms with Crippen LogP contribution >= 0.6 is 0 Å². The minimum absolute atomic E-state index is 0.140. The molecule has 3 aromatic rings. The number of benzene rings is 2. The van der Waals surface area contributed by atoms with Crippen molar-refractivity contribution in [3.63, 3.8) is 0 Å². The summed E-state index contributed by atoms with van der Waals surface area (Å²) in [5, 5.41) is 15.3. The summed E-state index contributed by atoms with van der Waals surface area (Å²) in [6.45, 7) is 4.34. The SMILES string of the molecule is Cc1cc(C)nc(Nc2cccc(C(=O)NCCc3ccc(O)cc3)c2)n1. The summed E-state index contributed by atoms with van der Waals surface area (Å²) in [7, 11) is 0. The maximum absolute atomic E-state index is 12.4. The van der Waals surface area contributed by atoms with Gasteiger partial charge in [0, 0.05) is 29.2 Å². The van der Waals surface area contributed by atoms with Gasteiger partial charge in [-0.05, 0) is 62.2 Å². The van der Waals surface area contributed by atoms with Crippen molar-refractivity contribution in [2.75, 3.05) is 11.9 Å². The molecular weight excluding hydrogens is 340 g/mol. The van der Waals surface area contributed by atoms with Crippen LogP contribution in [0.4, 0.5) is 11.6 Å². The second kappa shape index (κ2) is 8.31. The van der Waals surface area contributed by atoms with Gasteiger partial charge in [0.25, 0.3) is 5.91 Å². The van der Waals surface area contributed by atoms with Gasteiger partial charge >= 0.3 is 0 Å². The Kier molecular flexibility index (Phi) is 5.66. The van der Waals surface area contributed by atoms with E-state index in [0.717, 1.165) is 22.6 Å². The lowest BCUT2D eigenvalue weighted by Gasteiger charge is -2.09. The van der Waals surface area contributed by atoms with Crippen LogP contribution in [0.1, 0.15) is 27.3 Å². The molecule has 0 bridgehead atoms. The molecule has 0 aliphatic rings. The number of nitrogens with zero attached hydrogens (tertiary/aromatic N) is 2. The fraction of sp³-hybridized carbons (Fsp3) is 0.190. The number of phenols is 1. The number of amides is 1. The van der Waals surface area contributed by atoms with Crippen molar-refractivity contribution in [1.82, 2.24) is 15.3 Å². The molecule has 0 fully saturated rings. The molecule has 2 aromatic carbocycles. The van der Waals surface area contributed by atoms with Crippen molar-refractivity contribution in [3.05, 3.63) is 77.1 Å². The van der Waals surface area contributed by atoms with Crippen molar-refractivity contribution in [2.24, 2.45) is 0 Å². The smallest absolute Gasteiger partial charge is 0.251 e. The Morgan fingerprint density at radius 2 is 1.70 bits per heavy atom. The number of nitrogens with one attached hydrogen (secondary N) is 2. The third-order valence-corrected chi connectivity index (χ3v) is 4.00. The first kappa shape index (κ1) is 18.4. The fourth-order valence-electron chi connectivity index (χ4n) is 2.73. The number of aryl methyl sites for hydroxylation is 2. The van der Waals surface area contributed by atoms with E-state index < -0.39 is 0 Å². The van der Waals surface area contributed by atoms with Crippen LogP contribution in [-0.4, -0.2) is 27.5 Å². The van der Waals surface area contributed by atoms with Crippen molar-refractivity contribution < 1.29 is 9.90 Å².